The molecule has 1 aliphatic heterocycles. The lowest BCUT2D eigenvalue weighted by molar-refractivity contribution is -0.168. The normalized spacial score (nSPS) is 19.9. The molecular weight excluding hydrogens is 266 g/mol. The van der Waals surface area contributed by atoms with Crippen molar-refractivity contribution >= 4 is 0 Å². The molecule has 1 fully saturated rings. The highest BCUT2D eigenvalue weighted by molar-refractivity contribution is 4.78. The van der Waals surface area contributed by atoms with E-state index in [0.717, 1.165) is 12.8 Å². The molecule has 3 nitrogen and oxygen atoms in total. The third-order valence-electron chi connectivity index (χ3n) is 3.21. The van der Waals surface area contributed by atoms with E-state index in [-0.39, 0.29) is 18.6 Å². The van der Waals surface area contributed by atoms with Crippen LogP contribution in [-0.2, 0) is 9.47 Å². The molecule has 0 bridgehead atoms. The molecule has 0 aromatic heterocycles. The van der Waals surface area contributed by atoms with Gasteiger partial charge in [-0.2, -0.15) is 8.78 Å². The third-order valence-corrected chi connectivity index (χ3v) is 3.21. The Balaban J connectivity index is 2.36. The van der Waals surface area contributed by atoms with Crippen molar-refractivity contribution in [3.05, 3.63) is 0 Å². The van der Waals surface area contributed by atoms with Gasteiger partial charge in [0.2, 0.25) is 0 Å². The van der Waals surface area contributed by atoms with E-state index in [4.69, 9.17) is 9.47 Å². The Labute approximate surface area is 110 Å². The minimum Gasteiger partial charge on any atom is -0.381 e. The van der Waals surface area contributed by atoms with E-state index < -0.39 is 19.0 Å². The van der Waals surface area contributed by atoms with Crippen LogP contribution in [0.4, 0.5) is 17.6 Å². The molecule has 1 heterocycles. The van der Waals surface area contributed by atoms with E-state index in [1.165, 1.54) is 0 Å². The topological polar surface area (TPSA) is 30.5 Å². The van der Waals surface area contributed by atoms with Crippen molar-refractivity contribution in [1.29, 1.82) is 0 Å². The molecule has 1 rings (SSSR count). The summed E-state index contributed by atoms with van der Waals surface area (Å²) in [4.78, 5) is 0. The van der Waals surface area contributed by atoms with Gasteiger partial charge in [0.1, 0.15) is 6.61 Å². The van der Waals surface area contributed by atoms with E-state index >= 15 is 0 Å². The third kappa shape index (κ3) is 5.62. The molecule has 0 aromatic rings. The molecule has 0 radical (unpaired) electrons. The van der Waals surface area contributed by atoms with Gasteiger partial charge in [-0.3, -0.25) is 0 Å². The SMILES string of the molecule is CCNC(COCC(F)(F)C(F)F)C1CCOCC1. The fourth-order valence-corrected chi connectivity index (χ4v) is 2.13. The van der Waals surface area contributed by atoms with Crippen molar-refractivity contribution in [2.45, 2.75) is 38.2 Å². The van der Waals surface area contributed by atoms with E-state index in [1.54, 1.807) is 0 Å². The lowest BCUT2D eigenvalue weighted by Crippen LogP contribution is -2.43. The first kappa shape index (κ1) is 16.7. The summed E-state index contributed by atoms with van der Waals surface area (Å²) in [6.07, 6.45) is -2.04. The number of likely N-dealkylation sites (N-methyl/N-ethyl adjacent to an activating group) is 1. The van der Waals surface area contributed by atoms with Gasteiger partial charge < -0.3 is 14.8 Å². The zero-order valence-electron chi connectivity index (χ0n) is 11.0. The smallest absolute Gasteiger partial charge is 0.330 e. The van der Waals surface area contributed by atoms with Crippen LogP contribution in [-0.4, -0.2) is 51.4 Å². The number of rotatable bonds is 8. The average Bonchev–Trinajstić information content (AvgIpc) is 2.38. The zero-order chi connectivity index (χ0) is 14.3. The van der Waals surface area contributed by atoms with Crippen LogP contribution in [0.5, 0.6) is 0 Å². The molecule has 1 atom stereocenters. The van der Waals surface area contributed by atoms with Crippen LogP contribution >= 0.6 is 0 Å². The van der Waals surface area contributed by atoms with Crippen molar-refractivity contribution in [3.63, 3.8) is 0 Å². The Morgan fingerprint density at radius 1 is 1.32 bits per heavy atom. The van der Waals surface area contributed by atoms with Gasteiger partial charge in [0.15, 0.2) is 0 Å². The summed E-state index contributed by atoms with van der Waals surface area (Å²) < 4.78 is 59.4. The van der Waals surface area contributed by atoms with Gasteiger partial charge in [0.05, 0.1) is 6.61 Å². The second-order valence-corrected chi connectivity index (χ2v) is 4.69. The summed E-state index contributed by atoms with van der Waals surface area (Å²) >= 11 is 0. The monoisotopic (exact) mass is 287 g/mol. The highest BCUT2D eigenvalue weighted by Gasteiger charge is 2.41. The van der Waals surface area contributed by atoms with Crippen molar-refractivity contribution in [3.8, 4) is 0 Å². The van der Waals surface area contributed by atoms with Crippen LogP contribution in [0, 0.1) is 5.92 Å². The van der Waals surface area contributed by atoms with Crippen LogP contribution in [0.2, 0.25) is 0 Å². The van der Waals surface area contributed by atoms with Crippen molar-refractivity contribution in [2.24, 2.45) is 5.92 Å². The molecule has 7 heteroatoms. The standard InChI is InChI=1S/C12H21F4NO2/c1-2-17-10(9-3-5-18-6-4-9)7-19-8-12(15,16)11(13)14/h9-11,17H,2-8H2,1H3. The lowest BCUT2D eigenvalue weighted by atomic mass is 9.92. The Kier molecular flexibility index (Phi) is 7.02. The van der Waals surface area contributed by atoms with E-state index in [9.17, 15) is 17.6 Å². The highest BCUT2D eigenvalue weighted by atomic mass is 19.3. The number of nitrogens with one attached hydrogen (secondary N) is 1. The Hall–Kier alpha value is -0.400. The van der Waals surface area contributed by atoms with Gasteiger partial charge in [0.25, 0.3) is 0 Å². The Morgan fingerprint density at radius 3 is 2.47 bits per heavy atom. The average molecular weight is 287 g/mol. The molecule has 0 aliphatic carbocycles. The molecule has 0 amide bonds. The molecule has 1 N–H and O–H groups in total. The molecule has 0 saturated carbocycles. The zero-order valence-corrected chi connectivity index (χ0v) is 11.0. The second kappa shape index (κ2) is 8.01. The van der Waals surface area contributed by atoms with Crippen LogP contribution in [0.25, 0.3) is 0 Å². The maximum absolute atomic E-state index is 12.7. The number of halogens is 4. The molecule has 1 aliphatic rings. The molecule has 19 heavy (non-hydrogen) atoms. The highest BCUT2D eigenvalue weighted by Crippen LogP contribution is 2.24. The molecular formula is C12H21F4NO2. The number of hydrogen-bond donors (Lipinski definition) is 1. The number of alkyl halides is 4. The summed E-state index contributed by atoms with van der Waals surface area (Å²) in [5.41, 5.74) is 0. The quantitative estimate of drug-likeness (QED) is 0.695. The first-order chi connectivity index (χ1) is 8.97. The lowest BCUT2D eigenvalue weighted by Gasteiger charge is -2.31. The Morgan fingerprint density at radius 2 is 1.95 bits per heavy atom. The molecule has 114 valence electrons. The van der Waals surface area contributed by atoms with Gasteiger partial charge in [-0.15, -0.1) is 0 Å². The van der Waals surface area contributed by atoms with E-state index in [1.807, 2.05) is 6.92 Å². The first-order valence-corrected chi connectivity index (χ1v) is 6.52. The first-order valence-electron chi connectivity index (χ1n) is 6.52. The van der Waals surface area contributed by atoms with Crippen molar-refractivity contribution < 1.29 is 27.0 Å². The van der Waals surface area contributed by atoms with Crippen LogP contribution in [0.1, 0.15) is 19.8 Å². The molecule has 1 saturated heterocycles. The fourth-order valence-electron chi connectivity index (χ4n) is 2.13. The summed E-state index contributed by atoms with van der Waals surface area (Å²) in [5, 5.41) is 3.15. The number of hydrogen-bond acceptors (Lipinski definition) is 3. The summed E-state index contributed by atoms with van der Waals surface area (Å²) in [6, 6.07) is -0.0950. The van der Waals surface area contributed by atoms with Crippen LogP contribution in [0.3, 0.4) is 0 Å². The molecule has 1 unspecified atom stereocenters. The van der Waals surface area contributed by atoms with E-state index in [0.29, 0.717) is 19.8 Å². The summed E-state index contributed by atoms with van der Waals surface area (Å²) in [7, 11) is 0. The summed E-state index contributed by atoms with van der Waals surface area (Å²) in [6.45, 7) is 2.63. The predicted molar refractivity (Wildman–Crippen MR) is 62.8 cm³/mol. The largest absolute Gasteiger partial charge is 0.381 e. The van der Waals surface area contributed by atoms with Gasteiger partial charge in [-0.05, 0) is 25.3 Å². The van der Waals surface area contributed by atoms with Gasteiger partial charge in [-0.1, -0.05) is 6.92 Å². The van der Waals surface area contributed by atoms with Crippen molar-refractivity contribution in [1.82, 2.24) is 5.32 Å². The predicted octanol–water partition coefficient (Wildman–Crippen LogP) is 2.31. The van der Waals surface area contributed by atoms with Crippen molar-refractivity contribution in [2.75, 3.05) is 33.0 Å². The second-order valence-electron chi connectivity index (χ2n) is 4.69. The summed E-state index contributed by atoms with van der Waals surface area (Å²) in [5.74, 6) is -3.80. The minimum absolute atomic E-state index is 0.0147. The molecule has 0 aromatic carbocycles. The van der Waals surface area contributed by atoms with Gasteiger partial charge >= 0.3 is 12.3 Å². The molecule has 0 spiro atoms. The van der Waals surface area contributed by atoms with E-state index in [2.05, 4.69) is 5.32 Å². The minimum atomic E-state index is -4.08. The Bertz CT molecular complexity index is 248. The maximum Gasteiger partial charge on any atom is 0.330 e. The maximum atomic E-state index is 12.7. The fraction of sp³-hybridized carbons (Fsp3) is 1.00. The van der Waals surface area contributed by atoms with Gasteiger partial charge in [0, 0.05) is 19.3 Å². The van der Waals surface area contributed by atoms with Crippen LogP contribution < -0.4 is 5.32 Å². The number of ether oxygens (including phenoxy) is 2. The van der Waals surface area contributed by atoms with Crippen LogP contribution in [0.15, 0.2) is 0 Å². The van der Waals surface area contributed by atoms with Gasteiger partial charge in [-0.25, -0.2) is 8.78 Å².